The third-order valence-corrected chi connectivity index (χ3v) is 5.07. The van der Waals surface area contributed by atoms with E-state index in [4.69, 9.17) is 14.1 Å². The van der Waals surface area contributed by atoms with E-state index in [1.807, 2.05) is 38.1 Å². The van der Waals surface area contributed by atoms with E-state index >= 15 is 0 Å². The second kappa shape index (κ2) is 7.52. The molecule has 1 N–H and O–H groups in total. The molecule has 1 fully saturated rings. The fourth-order valence-corrected chi connectivity index (χ4v) is 3.62. The zero-order chi connectivity index (χ0) is 18.8. The lowest BCUT2D eigenvalue weighted by molar-refractivity contribution is 0.194. The minimum absolute atomic E-state index is 0.369. The second-order valence-electron chi connectivity index (χ2n) is 7.11. The largest absolute Gasteiger partial charge is 0.497 e. The van der Waals surface area contributed by atoms with Gasteiger partial charge in [0.15, 0.2) is 5.82 Å². The van der Waals surface area contributed by atoms with Crippen molar-refractivity contribution in [1.29, 1.82) is 0 Å². The van der Waals surface area contributed by atoms with Crippen molar-refractivity contribution >= 4 is 0 Å². The first-order valence-corrected chi connectivity index (χ1v) is 9.34. The molecule has 1 aromatic carbocycles. The second-order valence-corrected chi connectivity index (χ2v) is 7.11. The van der Waals surface area contributed by atoms with Crippen molar-refractivity contribution < 1.29 is 9.15 Å². The zero-order valence-corrected chi connectivity index (χ0v) is 16.0. The topological polar surface area (TPSA) is 80.1 Å². The number of piperidine rings is 1. The number of hydrogen-bond donors (Lipinski definition) is 1. The van der Waals surface area contributed by atoms with Crippen molar-refractivity contribution in [2.75, 3.05) is 20.2 Å². The van der Waals surface area contributed by atoms with Crippen LogP contribution in [0, 0.1) is 13.8 Å². The maximum absolute atomic E-state index is 5.93. The number of nitrogens with zero attached hydrogens (tertiary/aromatic N) is 4. The van der Waals surface area contributed by atoms with Gasteiger partial charge in [-0.3, -0.25) is 10.00 Å². The Morgan fingerprint density at radius 3 is 2.96 bits per heavy atom. The van der Waals surface area contributed by atoms with Gasteiger partial charge in [-0.1, -0.05) is 6.07 Å². The number of methoxy groups -OCH3 is 1. The summed E-state index contributed by atoms with van der Waals surface area (Å²) >= 11 is 0. The molecule has 1 atom stereocenters. The standard InChI is InChI=1S/C20H25N5O2/c1-13-18(22-20(27-13)15-6-4-8-17(10-15)26-3)12-25-9-5-7-16(11-25)19-21-14(2)23-24-19/h4,6,8,10,16H,5,7,9,11-12H2,1-3H3,(H,21,23,24)/t16-/m1/s1. The average molecular weight is 367 g/mol. The molecule has 0 amide bonds. The molecule has 0 unspecified atom stereocenters. The van der Waals surface area contributed by atoms with Crippen molar-refractivity contribution in [3.63, 3.8) is 0 Å². The first kappa shape index (κ1) is 17.7. The Kier molecular flexibility index (Phi) is 4.94. The van der Waals surface area contributed by atoms with Gasteiger partial charge in [0, 0.05) is 24.6 Å². The molecule has 27 heavy (non-hydrogen) atoms. The Labute approximate surface area is 158 Å². The first-order valence-electron chi connectivity index (χ1n) is 9.34. The van der Waals surface area contributed by atoms with Crippen LogP contribution in [0.15, 0.2) is 28.7 Å². The minimum atomic E-state index is 0.369. The average Bonchev–Trinajstić information content (AvgIpc) is 3.28. The highest BCUT2D eigenvalue weighted by atomic mass is 16.5. The lowest BCUT2D eigenvalue weighted by Gasteiger charge is -2.30. The minimum Gasteiger partial charge on any atom is -0.497 e. The summed E-state index contributed by atoms with van der Waals surface area (Å²) in [7, 11) is 1.66. The van der Waals surface area contributed by atoms with Crippen molar-refractivity contribution in [3.8, 4) is 17.2 Å². The van der Waals surface area contributed by atoms with Gasteiger partial charge in [0.2, 0.25) is 5.89 Å². The summed E-state index contributed by atoms with van der Waals surface area (Å²) in [5.41, 5.74) is 1.91. The fourth-order valence-electron chi connectivity index (χ4n) is 3.62. The van der Waals surface area contributed by atoms with Gasteiger partial charge in [-0.05, 0) is 51.4 Å². The van der Waals surface area contributed by atoms with Crippen LogP contribution in [0.25, 0.3) is 11.5 Å². The number of aryl methyl sites for hydroxylation is 2. The van der Waals surface area contributed by atoms with Crippen LogP contribution in [-0.2, 0) is 6.54 Å². The van der Waals surface area contributed by atoms with E-state index in [1.165, 1.54) is 0 Å². The smallest absolute Gasteiger partial charge is 0.226 e. The summed E-state index contributed by atoms with van der Waals surface area (Å²) in [5.74, 6) is 4.46. The van der Waals surface area contributed by atoms with Crippen LogP contribution in [0.1, 0.15) is 41.9 Å². The Balaban J connectivity index is 1.48. The number of oxazole rings is 1. The summed E-state index contributed by atoms with van der Waals surface area (Å²) < 4.78 is 11.2. The van der Waals surface area contributed by atoms with E-state index in [-0.39, 0.29) is 0 Å². The Morgan fingerprint density at radius 2 is 2.19 bits per heavy atom. The molecule has 0 spiro atoms. The van der Waals surface area contributed by atoms with E-state index < -0.39 is 0 Å². The molecule has 0 aliphatic carbocycles. The number of benzene rings is 1. The third kappa shape index (κ3) is 3.88. The molecule has 2 aromatic heterocycles. The molecule has 0 bridgehead atoms. The summed E-state index contributed by atoms with van der Waals surface area (Å²) in [6, 6.07) is 7.79. The summed E-state index contributed by atoms with van der Waals surface area (Å²) in [4.78, 5) is 11.7. The number of rotatable bonds is 5. The fraction of sp³-hybridized carbons (Fsp3) is 0.450. The molecule has 7 heteroatoms. The monoisotopic (exact) mass is 367 g/mol. The molecule has 1 aliphatic heterocycles. The summed E-state index contributed by atoms with van der Waals surface area (Å²) in [5, 5.41) is 7.30. The molecule has 0 saturated carbocycles. The molecule has 142 valence electrons. The SMILES string of the molecule is COc1cccc(-c2nc(CN3CCC[C@@H](c4n[nH]c(C)n4)C3)c(C)o2)c1. The van der Waals surface area contributed by atoms with Gasteiger partial charge >= 0.3 is 0 Å². The molecule has 3 heterocycles. The maximum Gasteiger partial charge on any atom is 0.226 e. The summed E-state index contributed by atoms with van der Waals surface area (Å²) in [6.07, 6.45) is 2.26. The molecule has 0 radical (unpaired) electrons. The van der Waals surface area contributed by atoms with Gasteiger partial charge < -0.3 is 9.15 Å². The molecule has 1 saturated heterocycles. The lowest BCUT2D eigenvalue weighted by atomic mass is 9.97. The normalized spacial score (nSPS) is 18.0. The highest BCUT2D eigenvalue weighted by molar-refractivity contribution is 5.56. The molecule has 3 aromatic rings. The van der Waals surface area contributed by atoms with E-state index in [9.17, 15) is 0 Å². The summed E-state index contributed by atoms with van der Waals surface area (Å²) in [6.45, 7) is 6.69. The zero-order valence-electron chi connectivity index (χ0n) is 16.0. The predicted molar refractivity (Wildman–Crippen MR) is 102 cm³/mol. The van der Waals surface area contributed by atoms with Gasteiger partial charge in [-0.2, -0.15) is 5.10 Å². The van der Waals surface area contributed by atoms with E-state index in [0.717, 1.165) is 66.9 Å². The number of H-pyrrole nitrogens is 1. The Morgan fingerprint density at radius 1 is 1.30 bits per heavy atom. The number of likely N-dealkylation sites (tertiary alicyclic amines) is 1. The van der Waals surface area contributed by atoms with Crippen LogP contribution < -0.4 is 4.74 Å². The van der Waals surface area contributed by atoms with Crippen molar-refractivity contribution in [3.05, 3.63) is 47.4 Å². The Hall–Kier alpha value is -2.67. The van der Waals surface area contributed by atoms with Crippen LogP contribution in [0.4, 0.5) is 0 Å². The van der Waals surface area contributed by atoms with E-state index in [2.05, 4.69) is 20.1 Å². The molecule has 7 nitrogen and oxygen atoms in total. The van der Waals surface area contributed by atoms with Crippen LogP contribution in [0.2, 0.25) is 0 Å². The van der Waals surface area contributed by atoms with Gasteiger partial charge in [-0.15, -0.1) is 0 Å². The highest BCUT2D eigenvalue weighted by Gasteiger charge is 2.25. The molecular weight excluding hydrogens is 342 g/mol. The van der Waals surface area contributed by atoms with E-state index in [1.54, 1.807) is 7.11 Å². The van der Waals surface area contributed by atoms with Gasteiger partial charge in [0.05, 0.1) is 12.8 Å². The van der Waals surface area contributed by atoms with Gasteiger partial charge in [0.1, 0.15) is 17.3 Å². The van der Waals surface area contributed by atoms with Crippen LogP contribution in [0.5, 0.6) is 5.75 Å². The van der Waals surface area contributed by atoms with Crippen molar-refractivity contribution in [2.45, 2.75) is 39.2 Å². The predicted octanol–water partition coefficient (Wildman–Crippen LogP) is 3.46. The number of ether oxygens (including phenoxy) is 1. The van der Waals surface area contributed by atoms with Crippen LogP contribution >= 0.6 is 0 Å². The number of hydrogen-bond acceptors (Lipinski definition) is 6. The van der Waals surface area contributed by atoms with Crippen molar-refractivity contribution in [2.24, 2.45) is 0 Å². The van der Waals surface area contributed by atoms with Gasteiger partial charge in [-0.25, -0.2) is 9.97 Å². The quantitative estimate of drug-likeness (QED) is 0.744. The van der Waals surface area contributed by atoms with Crippen LogP contribution in [-0.4, -0.2) is 45.3 Å². The molecule has 4 rings (SSSR count). The highest BCUT2D eigenvalue weighted by Crippen LogP contribution is 2.28. The van der Waals surface area contributed by atoms with Crippen molar-refractivity contribution in [1.82, 2.24) is 25.1 Å². The first-order chi connectivity index (χ1) is 13.1. The van der Waals surface area contributed by atoms with E-state index in [0.29, 0.717) is 11.8 Å². The Bertz CT molecular complexity index is 917. The lowest BCUT2D eigenvalue weighted by Crippen LogP contribution is -2.34. The van der Waals surface area contributed by atoms with Gasteiger partial charge in [0.25, 0.3) is 0 Å². The number of aromatic amines is 1. The maximum atomic E-state index is 5.93. The molecular formula is C20H25N5O2. The molecule has 1 aliphatic rings. The third-order valence-electron chi connectivity index (χ3n) is 5.07. The van der Waals surface area contributed by atoms with Crippen LogP contribution in [0.3, 0.4) is 0 Å². The number of nitrogens with one attached hydrogen (secondary N) is 1. The number of aromatic nitrogens is 4.